The van der Waals surface area contributed by atoms with Crippen molar-refractivity contribution in [3.05, 3.63) is 58.1 Å². The normalized spacial score (nSPS) is 10.2. The number of phenolic OH excluding ortho intramolecular Hbond substituents is 1. The van der Waals surface area contributed by atoms with Crippen LogP contribution in [0, 0.1) is 21.7 Å². The Morgan fingerprint density at radius 1 is 1.16 bits per heavy atom. The molecule has 1 N–H and O–H groups in total. The molecule has 0 spiro atoms. The zero-order valence-electron chi connectivity index (χ0n) is 9.34. The van der Waals surface area contributed by atoms with E-state index in [1.165, 1.54) is 24.3 Å². The first-order valence-corrected chi connectivity index (χ1v) is 5.08. The van der Waals surface area contributed by atoms with E-state index in [1.54, 1.807) is 0 Å². The number of hydrogen-bond donors (Lipinski definition) is 1. The van der Waals surface area contributed by atoms with Gasteiger partial charge in [-0.1, -0.05) is 12.1 Å². The smallest absolute Gasteiger partial charge is 0.275 e. The molecule has 2 aromatic rings. The summed E-state index contributed by atoms with van der Waals surface area (Å²) in [5.74, 6) is -3.73. The molecule has 0 unspecified atom stereocenters. The number of ether oxygens (including phenoxy) is 1. The van der Waals surface area contributed by atoms with E-state index in [1.807, 2.05) is 0 Å². The van der Waals surface area contributed by atoms with Crippen LogP contribution in [0.3, 0.4) is 0 Å². The lowest BCUT2D eigenvalue weighted by Crippen LogP contribution is -1.96. The lowest BCUT2D eigenvalue weighted by molar-refractivity contribution is -0.385. The Labute approximate surface area is 105 Å². The first-order chi connectivity index (χ1) is 8.99. The molecule has 0 aromatic heterocycles. The molecule has 0 radical (unpaired) electrons. The van der Waals surface area contributed by atoms with Crippen molar-refractivity contribution < 1.29 is 23.5 Å². The van der Waals surface area contributed by atoms with Crippen LogP contribution >= 0.6 is 0 Å². The third-order valence-electron chi connectivity index (χ3n) is 2.27. The molecule has 2 rings (SSSR count). The summed E-state index contributed by atoms with van der Waals surface area (Å²) in [6.07, 6.45) is 0. The second-order valence-electron chi connectivity index (χ2n) is 3.57. The van der Waals surface area contributed by atoms with E-state index >= 15 is 0 Å². The van der Waals surface area contributed by atoms with E-state index in [2.05, 4.69) is 0 Å². The van der Waals surface area contributed by atoms with E-state index < -0.39 is 28.0 Å². The number of para-hydroxylation sites is 2. The second-order valence-corrected chi connectivity index (χ2v) is 3.57. The molecule has 19 heavy (non-hydrogen) atoms. The highest BCUT2D eigenvalue weighted by Crippen LogP contribution is 2.34. The van der Waals surface area contributed by atoms with Gasteiger partial charge in [0.25, 0.3) is 5.69 Å². The van der Waals surface area contributed by atoms with Crippen LogP contribution < -0.4 is 4.74 Å². The van der Waals surface area contributed by atoms with Crippen molar-refractivity contribution in [2.75, 3.05) is 0 Å². The highest BCUT2D eigenvalue weighted by molar-refractivity contribution is 5.45. The molecule has 0 aliphatic heterocycles. The van der Waals surface area contributed by atoms with Gasteiger partial charge in [0.1, 0.15) is 0 Å². The summed E-state index contributed by atoms with van der Waals surface area (Å²) in [5, 5.41) is 19.8. The predicted octanol–water partition coefficient (Wildman–Crippen LogP) is 3.37. The molecule has 0 amide bonds. The summed E-state index contributed by atoms with van der Waals surface area (Å²) in [6.45, 7) is 0. The Bertz CT molecular complexity index is 622. The molecule has 0 fully saturated rings. The topological polar surface area (TPSA) is 72.6 Å². The molecule has 0 saturated heterocycles. The fraction of sp³-hybridized carbons (Fsp3) is 0. The fourth-order valence-corrected chi connectivity index (χ4v) is 1.40. The number of nitro benzene ring substituents is 1. The maximum atomic E-state index is 13.5. The lowest BCUT2D eigenvalue weighted by atomic mass is 10.2. The van der Waals surface area contributed by atoms with Crippen molar-refractivity contribution >= 4 is 5.69 Å². The van der Waals surface area contributed by atoms with Gasteiger partial charge in [-0.3, -0.25) is 10.1 Å². The van der Waals surface area contributed by atoms with Crippen LogP contribution in [0.4, 0.5) is 14.5 Å². The van der Waals surface area contributed by atoms with Gasteiger partial charge in [0, 0.05) is 0 Å². The van der Waals surface area contributed by atoms with Gasteiger partial charge in [0.2, 0.25) is 0 Å². The minimum absolute atomic E-state index is 0.158. The first-order valence-electron chi connectivity index (χ1n) is 5.08. The number of phenols is 1. The monoisotopic (exact) mass is 267 g/mol. The Hall–Kier alpha value is -2.70. The summed E-state index contributed by atoms with van der Waals surface area (Å²) < 4.78 is 32.0. The summed E-state index contributed by atoms with van der Waals surface area (Å²) >= 11 is 0. The highest BCUT2D eigenvalue weighted by Gasteiger charge is 2.19. The molecule has 0 bridgehead atoms. The molecule has 0 atom stereocenters. The average Bonchev–Trinajstić information content (AvgIpc) is 2.35. The maximum Gasteiger partial charge on any atom is 0.275 e. The van der Waals surface area contributed by atoms with Crippen molar-refractivity contribution in [3.8, 4) is 17.2 Å². The van der Waals surface area contributed by atoms with Gasteiger partial charge in [-0.15, -0.1) is 0 Å². The maximum absolute atomic E-state index is 13.5. The summed E-state index contributed by atoms with van der Waals surface area (Å²) in [4.78, 5) is 9.50. The van der Waals surface area contributed by atoms with Gasteiger partial charge in [0.05, 0.1) is 17.1 Å². The third-order valence-corrected chi connectivity index (χ3v) is 2.27. The van der Waals surface area contributed by atoms with Crippen LogP contribution in [0.15, 0.2) is 36.4 Å². The van der Waals surface area contributed by atoms with Crippen LogP contribution in [-0.2, 0) is 0 Å². The average molecular weight is 267 g/mol. The largest absolute Gasteiger partial charge is 0.504 e. The van der Waals surface area contributed by atoms with Crippen molar-refractivity contribution in [1.82, 2.24) is 0 Å². The number of aromatic hydroxyl groups is 1. The fourth-order valence-electron chi connectivity index (χ4n) is 1.40. The van der Waals surface area contributed by atoms with Gasteiger partial charge in [-0.05, 0) is 12.1 Å². The summed E-state index contributed by atoms with van der Waals surface area (Å²) in [7, 11) is 0. The van der Waals surface area contributed by atoms with Crippen LogP contribution in [0.25, 0.3) is 0 Å². The Balaban J connectivity index is 2.42. The van der Waals surface area contributed by atoms with Gasteiger partial charge in [-0.2, -0.15) is 0 Å². The number of halogens is 2. The zero-order chi connectivity index (χ0) is 14.0. The van der Waals surface area contributed by atoms with Crippen LogP contribution in [0.2, 0.25) is 0 Å². The van der Waals surface area contributed by atoms with E-state index in [0.717, 1.165) is 0 Å². The lowest BCUT2D eigenvalue weighted by Gasteiger charge is -2.08. The van der Waals surface area contributed by atoms with Crippen LogP contribution in [0.5, 0.6) is 17.2 Å². The first kappa shape index (κ1) is 12.7. The SMILES string of the molecule is O=[N+]([O-])c1cc(F)c(Oc2ccccc2O)c(F)c1. The van der Waals surface area contributed by atoms with E-state index in [0.29, 0.717) is 12.1 Å². The van der Waals surface area contributed by atoms with Gasteiger partial charge >= 0.3 is 0 Å². The molecule has 0 aliphatic carbocycles. The Morgan fingerprint density at radius 2 is 1.74 bits per heavy atom. The zero-order valence-corrected chi connectivity index (χ0v) is 9.34. The molecule has 5 nitrogen and oxygen atoms in total. The number of nitro groups is 1. The van der Waals surface area contributed by atoms with Gasteiger partial charge < -0.3 is 9.84 Å². The van der Waals surface area contributed by atoms with Gasteiger partial charge in [0.15, 0.2) is 28.9 Å². The number of nitrogens with zero attached hydrogens (tertiary/aromatic N) is 1. The molecule has 0 heterocycles. The minimum Gasteiger partial charge on any atom is -0.504 e. The minimum atomic E-state index is -1.23. The predicted molar refractivity (Wildman–Crippen MR) is 61.2 cm³/mol. The van der Waals surface area contributed by atoms with Gasteiger partial charge in [-0.25, -0.2) is 8.78 Å². The summed E-state index contributed by atoms with van der Waals surface area (Å²) in [5.41, 5.74) is -0.723. The molecule has 2 aromatic carbocycles. The third kappa shape index (κ3) is 2.59. The molecular formula is C12H7F2NO4. The second kappa shape index (κ2) is 4.89. The van der Waals surface area contributed by atoms with Crippen molar-refractivity contribution in [1.29, 1.82) is 0 Å². The van der Waals surface area contributed by atoms with Crippen LogP contribution in [-0.4, -0.2) is 10.0 Å². The van der Waals surface area contributed by atoms with Crippen molar-refractivity contribution in [3.63, 3.8) is 0 Å². The number of hydrogen-bond acceptors (Lipinski definition) is 4. The molecule has 0 saturated carbocycles. The van der Waals surface area contributed by atoms with E-state index in [-0.39, 0.29) is 11.5 Å². The van der Waals surface area contributed by atoms with Crippen molar-refractivity contribution in [2.45, 2.75) is 0 Å². The molecule has 98 valence electrons. The molecule has 0 aliphatic rings. The molecule has 7 heteroatoms. The van der Waals surface area contributed by atoms with E-state index in [4.69, 9.17) is 4.74 Å². The van der Waals surface area contributed by atoms with Crippen molar-refractivity contribution in [2.24, 2.45) is 0 Å². The molecular weight excluding hydrogens is 260 g/mol. The number of rotatable bonds is 3. The number of non-ortho nitro benzene ring substituents is 1. The standard InChI is InChI=1S/C12H7F2NO4/c13-8-5-7(15(17)18)6-9(14)12(8)19-11-4-2-1-3-10(11)16/h1-6,16H. The Kier molecular flexibility index (Phi) is 3.28. The summed E-state index contributed by atoms with van der Waals surface area (Å²) in [6, 6.07) is 6.66. The quantitative estimate of drug-likeness (QED) is 0.683. The number of benzene rings is 2. The van der Waals surface area contributed by atoms with Crippen LogP contribution in [0.1, 0.15) is 0 Å². The van der Waals surface area contributed by atoms with E-state index in [9.17, 15) is 24.0 Å². The Morgan fingerprint density at radius 3 is 2.26 bits per heavy atom. The highest BCUT2D eigenvalue weighted by atomic mass is 19.1.